The first-order valence-electron chi connectivity index (χ1n) is 5.93. The van der Waals surface area contributed by atoms with Crippen molar-refractivity contribution in [2.24, 2.45) is 0 Å². The smallest absolute Gasteiger partial charge is 0.125 e. The van der Waals surface area contributed by atoms with Gasteiger partial charge in [0.1, 0.15) is 5.82 Å². The van der Waals surface area contributed by atoms with Crippen molar-refractivity contribution in [2.75, 3.05) is 0 Å². The summed E-state index contributed by atoms with van der Waals surface area (Å²) in [5.41, 5.74) is 3.16. The lowest BCUT2D eigenvalue weighted by molar-refractivity contribution is 0.786. The van der Waals surface area contributed by atoms with Crippen LogP contribution in [0.3, 0.4) is 0 Å². The summed E-state index contributed by atoms with van der Waals surface area (Å²) in [6.07, 6.45) is 0. The minimum atomic E-state index is 0.384. The first-order valence-corrected chi connectivity index (χ1v) is 7.72. The van der Waals surface area contributed by atoms with Gasteiger partial charge in [0.25, 0.3) is 0 Å². The Labute approximate surface area is 125 Å². The number of hydrogen-bond acceptors (Lipinski definition) is 2. The molecule has 0 N–H and O–H groups in total. The van der Waals surface area contributed by atoms with Gasteiger partial charge in [-0.05, 0) is 36.1 Å². The Morgan fingerprint density at radius 1 is 1.32 bits per heavy atom. The average Bonchev–Trinajstić information content (AvgIpc) is 2.96. The standard InChI is InChI=1S/C14H12Cl2N2S/c1-9-5-6-19-12(9)8-18-13(7-15)17-11-4-2-3-10(16)14(11)18/h2-6H,7-8H2,1H3. The number of alkyl halides is 1. The first-order chi connectivity index (χ1) is 9.20. The van der Waals surface area contributed by atoms with Crippen LogP contribution in [-0.2, 0) is 12.4 Å². The lowest BCUT2D eigenvalue weighted by Crippen LogP contribution is -2.03. The maximum Gasteiger partial charge on any atom is 0.125 e. The maximum absolute atomic E-state index is 6.31. The van der Waals surface area contributed by atoms with Gasteiger partial charge in [0.05, 0.1) is 28.5 Å². The molecule has 0 aliphatic carbocycles. The minimum Gasteiger partial charge on any atom is -0.320 e. The van der Waals surface area contributed by atoms with Crippen molar-refractivity contribution in [1.82, 2.24) is 9.55 Å². The molecule has 0 radical (unpaired) electrons. The molecule has 0 fully saturated rings. The monoisotopic (exact) mass is 310 g/mol. The van der Waals surface area contributed by atoms with Crippen LogP contribution in [0.15, 0.2) is 29.6 Å². The average molecular weight is 311 g/mol. The van der Waals surface area contributed by atoms with Crippen molar-refractivity contribution in [3.8, 4) is 0 Å². The van der Waals surface area contributed by atoms with E-state index in [1.807, 2.05) is 18.2 Å². The van der Waals surface area contributed by atoms with Crippen LogP contribution in [0, 0.1) is 6.92 Å². The van der Waals surface area contributed by atoms with E-state index < -0.39 is 0 Å². The highest BCUT2D eigenvalue weighted by Gasteiger charge is 2.14. The van der Waals surface area contributed by atoms with Crippen molar-refractivity contribution >= 4 is 45.6 Å². The summed E-state index contributed by atoms with van der Waals surface area (Å²) in [7, 11) is 0. The quantitative estimate of drug-likeness (QED) is 0.632. The van der Waals surface area contributed by atoms with Crippen LogP contribution in [0.1, 0.15) is 16.3 Å². The van der Waals surface area contributed by atoms with Crippen LogP contribution in [0.2, 0.25) is 5.02 Å². The summed E-state index contributed by atoms with van der Waals surface area (Å²) in [5.74, 6) is 1.24. The third-order valence-electron chi connectivity index (χ3n) is 3.19. The number of para-hydroxylation sites is 1. The molecule has 0 spiro atoms. The third-order valence-corrected chi connectivity index (χ3v) is 4.74. The number of rotatable bonds is 3. The van der Waals surface area contributed by atoms with Gasteiger partial charge in [-0.3, -0.25) is 0 Å². The number of aromatic nitrogens is 2. The fourth-order valence-corrected chi connectivity index (χ4v) is 3.54. The highest BCUT2D eigenvalue weighted by atomic mass is 35.5. The molecular formula is C14H12Cl2N2S. The van der Waals surface area contributed by atoms with E-state index in [-0.39, 0.29) is 0 Å². The number of hydrogen-bond donors (Lipinski definition) is 0. The van der Waals surface area contributed by atoms with E-state index in [4.69, 9.17) is 23.2 Å². The van der Waals surface area contributed by atoms with Crippen molar-refractivity contribution in [3.05, 3.63) is 50.9 Å². The van der Waals surface area contributed by atoms with Crippen molar-refractivity contribution in [1.29, 1.82) is 0 Å². The molecule has 0 unspecified atom stereocenters. The van der Waals surface area contributed by atoms with Crippen LogP contribution in [0.5, 0.6) is 0 Å². The Morgan fingerprint density at radius 3 is 2.84 bits per heavy atom. The molecule has 0 saturated carbocycles. The maximum atomic E-state index is 6.31. The zero-order valence-corrected chi connectivity index (χ0v) is 12.7. The molecule has 0 aliphatic rings. The van der Waals surface area contributed by atoms with Gasteiger partial charge in [-0.1, -0.05) is 17.7 Å². The number of halogens is 2. The van der Waals surface area contributed by atoms with Crippen molar-refractivity contribution in [2.45, 2.75) is 19.3 Å². The number of thiophene rings is 1. The molecule has 0 saturated heterocycles. The van der Waals surface area contributed by atoms with E-state index in [1.54, 1.807) is 11.3 Å². The van der Waals surface area contributed by atoms with E-state index in [0.29, 0.717) is 5.88 Å². The Bertz CT molecular complexity index is 730. The molecule has 5 heteroatoms. The Morgan fingerprint density at radius 2 is 2.16 bits per heavy atom. The summed E-state index contributed by atoms with van der Waals surface area (Å²) in [6.45, 7) is 2.89. The van der Waals surface area contributed by atoms with Crippen molar-refractivity contribution in [3.63, 3.8) is 0 Å². The van der Waals surface area contributed by atoms with Gasteiger partial charge < -0.3 is 4.57 Å². The largest absolute Gasteiger partial charge is 0.320 e. The fraction of sp³-hybridized carbons (Fsp3) is 0.214. The molecule has 3 rings (SSSR count). The highest BCUT2D eigenvalue weighted by molar-refractivity contribution is 7.10. The van der Waals surface area contributed by atoms with E-state index in [0.717, 1.165) is 28.4 Å². The zero-order valence-electron chi connectivity index (χ0n) is 10.4. The van der Waals surface area contributed by atoms with Crippen molar-refractivity contribution < 1.29 is 0 Å². The molecule has 2 aromatic heterocycles. The van der Waals surface area contributed by atoms with Gasteiger partial charge in [-0.2, -0.15) is 0 Å². The lowest BCUT2D eigenvalue weighted by atomic mass is 10.2. The molecule has 0 amide bonds. The summed E-state index contributed by atoms with van der Waals surface area (Å²) >= 11 is 14.1. The van der Waals surface area contributed by atoms with Crippen LogP contribution in [-0.4, -0.2) is 9.55 Å². The van der Waals surface area contributed by atoms with Gasteiger partial charge in [-0.15, -0.1) is 22.9 Å². The molecule has 0 atom stereocenters. The third kappa shape index (κ3) is 2.27. The molecular weight excluding hydrogens is 299 g/mol. The Kier molecular flexibility index (Phi) is 3.52. The molecule has 0 bridgehead atoms. The minimum absolute atomic E-state index is 0.384. The van der Waals surface area contributed by atoms with Gasteiger partial charge in [0.2, 0.25) is 0 Å². The summed E-state index contributed by atoms with van der Waals surface area (Å²) < 4.78 is 2.11. The second-order valence-corrected chi connectivity index (χ2v) is 6.06. The molecule has 1 aromatic carbocycles. The number of imidazole rings is 1. The predicted octanol–water partition coefficient (Wildman–Crippen LogP) is 4.85. The van der Waals surface area contributed by atoms with Gasteiger partial charge in [0, 0.05) is 4.88 Å². The van der Waals surface area contributed by atoms with Gasteiger partial charge in [0.15, 0.2) is 0 Å². The van der Waals surface area contributed by atoms with E-state index >= 15 is 0 Å². The SMILES string of the molecule is Cc1ccsc1Cn1c(CCl)nc2cccc(Cl)c21. The molecule has 3 aromatic rings. The number of benzene rings is 1. The zero-order chi connectivity index (χ0) is 13.4. The van der Waals surface area contributed by atoms with Crippen LogP contribution < -0.4 is 0 Å². The first kappa shape index (κ1) is 13.0. The Balaban J connectivity index is 2.18. The summed E-state index contributed by atoms with van der Waals surface area (Å²) in [4.78, 5) is 5.86. The van der Waals surface area contributed by atoms with Crippen LogP contribution in [0.25, 0.3) is 11.0 Å². The van der Waals surface area contributed by atoms with E-state index in [2.05, 4.69) is 27.9 Å². The van der Waals surface area contributed by atoms with Crippen LogP contribution >= 0.6 is 34.5 Å². The van der Waals surface area contributed by atoms with Gasteiger partial charge >= 0.3 is 0 Å². The number of fused-ring (bicyclic) bond motifs is 1. The number of nitrogens with zero attached hydrogens (tertiary/aromatic N) is 2. The lowest BCUT2D eigenvalue weighted by Gasteiger charge is -2.08. The normalized spacial score (nSPS) is 11.3. The predicted molar refractivity (Wildman–Crippen MR) is 82.5 cm³/mol. The topological polar surface area (TPSA) is 17.8 Å². The molecule has 2 nitrogen and oxygen atoms in total. The summed E-state index contributed by atoms with van der Waals surface area (Å²) in [6, 6.07) is 7.90. The van der Waals surface area contributed by atoms with E-state index in [9.17, 15) is 0 Å². The van der Waals surface area contributed by atoms with Gasteiger partial charge in [-0.25, -0.2) is 4.98 Å². The second-order valence-electron chi connectivity index (χ2n) is 4.38. The molecule has 98 valence electrons. The Hall–Kier alpha value is -1.03. The van der Waals surface area contributed by atoms with Crippen LogP contribution in [0.4, 0.5) is 0 Å². The number of aryl methyl sites for hydroxylation is 1. The van der Waals surface area contributed by atoms with E-state index in [1.165, 1.54) is 10.4 Å². The molecule has 0 aliphatic heterocycles. The molecule has 2 heterocycles. The summed E-state index contributed by atoms with van der Waals surface area (Å²) in [5, 5.41) is 2.82. The molecule has 19 heavy (non-hydrogen) atoms. The highest BCUT2D eigenvalue weighted by Crippen LogP contribution is 2.27. The fourth-order valence-electron chi connectivity index (χ4n) is 2.17. The second kappa shape index (κ2) is 5.16.